The van der Waals surface area contributed by atoms with E-state index in [9.17, 15) is 4.79 Å². The highest BCUT2D eigenvalue weighted by atomic mass is 16.5. The van der Waals surface area contributed by atoms with Crippen LogP contribution >= 0.6 is 0 Å². The van der Waals surface area contributed by atoms with Crippen LogP contribution in [0.4, 0.5) is 0 Å². The van der Waals surface area contributed by atoms with Crippen molar-refractivity contribution in [3.63, 3.8) is 0 Å². The first kappa shape index (κ1) is 15.5. The lowest BCUT2D eigenvalue weighted by Crippen LogP contribution is -2.38. The second kappa shape index (κ2) is 7.79. The normalized spacial score (nSPS) is 12.3. The van der Waals surface area contributed by atoms with Crippen molar-refractivity contribution in [1.82, 2.24) is 5.32 Å². The fraction of sp³-hybridized carbons (Fsp3) is 0.533. The van der Waals surface area contributed by atoms with Crippen molar-refractivity contribution in [3.05, 3.63) is 29.8 Å². The highest BCUT2D eigenvalue weighted by molar-refractivity contribution is 5.77. The molecule has 1 aromatic rings. The molecule has 1 amide bonds. The molecule has 4 heteroatoms. The molecule has 0 radical (unpaired) electrons. The van der Waals surface area contributed by atoms with Gasteiger partial charge < -0.3 is 14.8 Å². The predicted molar refractivity (Wildman–Crippen MR) is 75.5 cm³/mol. The zero-order chi connectivity index (χ0) is 14.3. The van der Waals surface area contributed by atoms with Gasteiger partial charge in [-0.3, -0.25) is 4.79 Å². The molecule has 1 atom stereocenters. The summed E-state index contributed by atoms with van der Waals surface area (Å²) in [6.07, 6.45) is 0. The van der Waals surface area contributed by atoms with Crippen LogP contribution in [0.1, 0.15) is 32.3 Å². The Morgan fingerprint density at radius 3 is 2.68 bits per heavy atom. The lowest BCUT2D eigenvalue weighted by Gasteiger charge is -2.14. The first-order valence-corrected chi connectivity index (χ1v) is 6.54. The molecule has 19 heavy (non-hydrogen) atoms. The van der Waals surface area contributed by atoms with Gasteiger partial charge in [0.1, 0.15) is 5.75 Å². The molecule has 4 nitrogen and oxygen atoms in total. The van der Waals surface area contributed by atoms with Gasteiger partial charge in [0.05, 0.1) is 6.61 Å². The van der Waals surface area contributed by atoms with Gasteiger partial charge in [0, 0.05) is 13.2 Å². The summed E-state index contributed by atoms with van der Waals surface area (Å²) in [7, 11) is 1.61. The standard InChI is InChI=1S/C15H23NO3/c1-11(2)13-6-5-7-14(8-13)19-10-15(17)16-12(3)9-18-4/h5-8,11-12H,9-10H2,1-4H3,(H,16,17)/t12-/m0/s1. The van der Waals surface area contributed by atoms with Gasteiger partial charge in [-0.1, -0.05) is 26.0 Å². The minimum absolute atomic E-state index is 0.0110. The van der Waals surface area contributed by atoms with Gasteiger partial charge in [0.15, 0.2) is 6.61 Å². The van der Waals surface area contributed by atoms with Crippen LogP contribution in [-0.2, 0) is 9.53 Å². The van der Waals surface area contributed by atoms with Gasteiger partial charge in [-0.15, -0.1) is 0 Å². The maximum absolute atomic E-state index is 11.6. The van der Waals surface area contributed by atoms with E-state index >= 15 is 0 Å². The summed E-state index contributed by atoms with van der Waals surface area (Å²) in [5.41, 5.74) is 1.20. The number of hydrogen-bond acceptors (Lipinski definition) is 3. The van der Waals surface area contributed by atoms with Crippen LogP contribution in [0.25, 0.3) is 0 Å². The molecule has 106 valence electrons. The third-order valence-corrected chi connectivity index (χ3v) is 2.72. The number of hydrogen-bond donors (Lipinski definition) is 1. The van der Waals surface area contributed by atoms with Gasteiger partial charge in [0.25, 0.3) is 5.91 Å². The van der Waals surface area contributed by atoms with Gasteiger partial charge in [-0.25, -0.2) is 0 Å². The Hall–Kier alpha value is -1.55. The number of benzene rings is 1. The second-order valence-electron chi connectivity index (χ2n) is 4.94. The molecule has 0 aliphatic heterocycles. The van der Waals surface area contributed by atoms with Crippen LogP contribution in [0.3, 0.4) is 0 Å². The maximum Gasteiger partial charge on any atom is 0.258 e. The first-order valence-electron chi connectivity index (χ1n) is 6.54. The Morgan fingerprint density at radius 2 is 2.05 bits per heavy atom. The van der Waals surface area contributed by atoms with Crippen molar-refractivity contribution in [3.8, 4) is 5.75 Å². The summed E-state index contributed by atoms with van der Waals surface area (Å²) in [4.78, 5) is 11.6. The summed E-state index contributed by atoms with van der Waals surface area (Å²) in [6, 6.07) is 7.81. The monoisotopic (exact) mass is 265 g/mol. The van der Waals surface area contributed by atoms with E-state index in [1.54, 1.807) is 7.11 Å². The zero-order valence-corrected chi connectivity index (χ0v) is 12.1. The highest BCUT2D eigenvalue weighted by Gasteiger charge is 2.08. The molecule has 0 spiro atoms. The number of methoxy groups -OCH3 is 1. The molecule has 0 heterocycles. The third kappa shape index (κ3) is 5.75. The van der Waals surface area contributed by atoms with E-state index in [1.807, 2.05) is 25.1 Å². The van der Waals surface area contributed by atoms with Crippen LogP contribution < -0.4 is 10.1 Å². The molecule has 1 N–H and O–H groups in total. The average Bonchev–Trinajstić information content (AvgIpc) is 2.37. The van der Waals surface area contributed by atoms with Crippen molar-refractivity contribution < 1.29 is 14.3 Å². The number of nitrogens with one attached hydrogen (secondary N) is 1. The smallest absolute Gasteiger partial charge is 0.258 e. The summed E-state index contributed by atoms with van der Waals surface area (Å²) in [6.45, 7) is 6.65. The van der Waals surface area contributed by atoms with Gasteiger partial charge in [-0.05, 0) is 30.5 Å². The summed E-state index contributed by atoms with van der Waals surface area (Å²) in [5.74, 6) is 1.03. The lowest BCUT2D eigenvalue weighted by molar-refractivity contribution is -0.124. The van der Waals surface area contributed by atoms with E-state index in [2.05, 4.69) is 25.2 Å². The first-order chi connectivity index (χ1) is 9.02. The number of ether oxygens (including phenoxy) is 2. The van der Waals surface area contributed by atoms with Crippen molar-refractivity contribution >= 4 is 5.91 Å². The quantitative estimate of drug-likeness (QED) is 0.823. The van der Waals surface area contributed by atoms with E-state index in [4.69, 9.17) is 9.47 Å². The van der Waals surface area contributed by atoms with E-state index in [-0.39, 0.29) is 18.6 Å². The Morgan fingerprint density at radius 1 is 1.32 bits per heavy atom. The van der Waals surface area contributed by atoms with E-state index in [0.717, 1.165) is 5.75 Å². The van der Waals surface area contributed by atoms with Crippen LogP contribution in [-0.4, -0.2) is 32.3 Å². The van der Waals surface area contributed by atoms with E-state index < -0.39 is 0 Å². The Labute approximate surface area is 115 Å². The predicted octanol–water partition coefficient (Wildman–Crippen LogP) is 2.34. The number of carbonyl (C=O) groups excluding carboxylic acids is 1. The lowest BCUT2D eigenvalue weighted by atomic mass is 10.0. The van der Waals surface area contributed by atoms with Crippen molar-refractivity contribution in [2.75, 3.05) is 20.3 Å². The summed E-state index contributed by atoms with van der Waals surface area (Å²) in [5, 5.41) is 2.80. The average molecular weight is 265 g/mol. The minimum atomic E-state index is -0.139. The summed E-state index contributed by atoms with van der Waals surface area (Å²) < 4.78 is 10.4. The van der Waals surface area contributed by atoms with Crippen LogP contribution in [0.15, 0.2) is 24.3 Å². The molecule has 0 bridgehead atoms. The number of rotatable bonds is 7. The molecule has 0 saturated heterocycles. The third-order valence-electron chi connectivity index (χ3n) is 2.72. The topological polar surface area (TPSA) is 47.6 Å². The van der Waals surface area contributed by atoms with Crippen molar-refractivity contribution in [1.29, 1.82) is 0 Å². The largest absolute Gasteiger partial charge is 0.484 e. The van der Waals surface area contributed by atoms with Gasteiger partial charge >= 0.3 is 0 Å². The highest BCUT2D eigenvalue weighted by Crippen LogP contribution is 2.19. The molecule has 1 aromatic carbocycles. The second-order valence-corrected chi connectivity index (χ2v) is 4.94. The van der Waals surface area contributed by atoms with Gasteiger partial charge in [-0.2, -0.15) is 0 Å². The van der Waals surface area contributed by atoms with Gasteiger partial charge in [0.2, 0.25) is 0 Å². The maximum atomic E-state index is 11.6. The molecule has 0 aliphatic carbocycles. The van der Waals surface area contributed by atoms with E-state index in [1.165, 1.54) is 5.56 Å². The van der Waals surface area contributed by atoms with Crippen LogP contribution in [0.5, 0.6) is 5.75 Å². The molecule has 0 saturated carbocycles. The van der Waals surface area contributed by atoms with Crippen molar-refractivity contribution in [2.24, 2.45) is 0 Å². The fourth-order valence-corrected chi connectivity index (χ4v) is 1.72. The van der Waals surface area contributed by atoms with E-state index in [0.29, 0.717) is 12.5 Å². The molecule has 0 aromatic heterocycles. The Bertz CT molecular complexity index is 404. The molecule has 0 fully saturated rings. The molecule has 0 unspecified atom stereocenters. The SMILES string of the molecule is COC[C@H](C)NC(=O)COc1cccc(C(C)C)c1. The molecule has 1 rings (SSSR count). The molecule has 0 aliphatic rings. The zero-order valence-electron chi connectivity index (χ0n) is 12.1. The fourth-order valence-electron chi connectivity index (χ4n) is 1.72. The van der Waals surface area contributed by atoms with Crippen LogP contribution in [0, 0.1) is 0 Å². The Kier molecular flexibility index (Phi) is 6.36. The van der Waals surface area contributed by atoms with Crippen LogP contribution in [0.2, 0.25) is 0 Å². The minimum Gasteiger partial charge on any atom is -0.484 e. The van der Waals surface area contributed by atoms with Crippen molar-refractivity contribution in [2.45, 2.75) is 32.7 Å². The molecular weight excluding hydrogens is 242 g/mol. The Balaban J connectivity index is 2.43. The number of carbonyl (C=O) groups is 1. The number of amides is 1. The summed E-state index contributed by atoms with van der Waals surface area (Å²) >= 11 is 0. The molecular formula is C15H23NO3.